The summed E-state index contributed by atoms with van der Waals surface area (Å²) in [5.41, 5.74) is 0. The largest absolute Gasteiger partial charge is 0.434 e. The van der Waals surface area contributed by atoms with Crippen molar-refractivity contribution in [3.63, 3.8) is 0 Å². The molecule has 17 heavy (non-hydrogen) atoms. The van der Waals surface area contributed by atoms with Gasteiger partial charge in [0.05, 0.1) is 6.54 Å². The first-order valence-corrected chi connectivity index (χ1v) is 4.78. The molecule has 0 spiro atoms. The van der Waals surface area contributed by atoms with Crippen molar-refractivity contribution in [2.24, 2.45) is 0 Å². The summed E-state index contributed by atoms with van der Waals surface area (Å²) in [6, 6.07) is 0. The van der Waals surface area contributed by atoms with E-state index in [0.29, 0.717) is 0 Å². The Bertz CT molecular complexity index is 428. The molecule has 2 N–H and O–H groups in total. The zero-order valence-electron chi connectivity index (χ0n) is 8.94. The highest BCUT2D eigenvalue weighted by Crippen LogP contribution is 2.07. The number of amides is 1. The van der Waals surface area contributed by atoms with Crippen molar-refractivity contribution in [3.8, 4) is 0 Å². The quantitative estimate of drug-likeness (QED) is 0.394. The number of carbonyl (C=O) groups is 1. The fourth-order valence-corrected chi connectivity index (χ4v) is 1.20. The van der Waals surface area contributed by atoms with Crippen molar-refractivity contribution in [1.82, 2.24) is 14.9 Å². The van der Waals surface area contributed by atoms with Gasteiger partial charge in [0.15, 0.2) is 0 Å². The van der Waals surface area contributed by atoms with Crippen LogP contribution in [0.4, 0.5) is 5.95 Å². The maximum absolute atomic E-state index is 10.8. The minimum atomic E-state index is -0.938. The smallest absolute Gasteiger partial charge is 0.390 e. The lowest BCUT2D eigenvalue weighted by molar-refractivity contribution is -0.397. The predicted octanol–water partition coefficient (Wildman–Crippen LogP) is -0.546. The summed E-state index contributed by atoms with van der Waals surface area (Å²) in [5.74, 6) is -0.761. The second-order valence-electron chi connectivity index (χ2n) is 3.24. The molecule has 0 radical (unpaired) electrons. The molecule has 0 aromatic carbocycles. The molecule has 1 aromatic heterocycles. The third-order valence-electron chi connectivity index (χ3n) is 1.96. The maximum Gasteiger partial charge on any atom is 0.434 e. The van der Waals surface area contributed by atoms with Crippen LogP contribution in [-0.2, 0) is 11.3 Å². The Kier molecular flexibility index (Phi) is 4.35. The third-order valence-corrected chi connectivity index (χ3v) is 1.96. The van der Waals surface area contributed by atoms with E-state index in [-0.39, 0.29) is 19.0 Å². The first-order chi connectivity index (χ1) is 8.04. The molecule has 0 saturated heterocycles. The molecule has 1 unspecified atom stereocenters. The molecule has 0 aliphatic rings. The number of hydrogen-bond acceptors (Lipinski definition) is 5. The second kappa shape index (κ2) is 5.75. The number of carbonyl (C=O) groups excluding carboxylic acids is 1. The van der Waals surface area contributed by atoms with Crippen molar-refractivity contribution in [2.75, 3.05) is 6.54 Å². The Balaban J connectivity index is 2.53. The van der Waals surface area contributed by atoms with Gasteiger partial charge in [-0.2, -0.15) is 0 Å². The van der Waals surface area contributed by atoms with E-state index in [9.17, 15) is 20.0 Å². The molecular formula is C9H12N4O4. The van der Waals surface area contributed by atoms with Gasteiger partial charge in [0.1, 0.15) is 18.5 Å². The van der Waals surface area contributed by atoms with Crippen LogP contribution in [0.1, 0.15) is 0 Å². The Morgan fingerprint density at radius 1 is 1.82 bits per heavy atom. The number of imidazole rings is 1. The van der Waals surface area contributed by atoms with Gasteiger partial charge in [-0.25, -0.2) is 4.57 Å². The molecule has 1 heterocycles. The number of nitro groups is 1. The second-order valence-corrected chi connectivity index (χ2v) is 3.24. The number of rotatable bonds is 6. The lowest BCUT2D eigenvalue weighted by atomic mass is 10.3. The molecule has 1 rings (SSSR count). The van der Waals surface area contributed by atoms with Gasteiger partial charge in [-0.15, -0.1) is 0 Å². The van der Waals surface area contributed by atoms with Gasteiger partial charge in [-0.3, -0.25) is 4.79 Å². The minimum absolute atomic E-state index is 0.0137. The van der Waals surface area contributed by atoms with Gasteiger partial charge in [-0.1, -0.05) is 11.6 Å². The van der Waals surface area contributed by atoms with Crippen molar-refractivity contribution in [1.29, 1.82) is 0 Å². The zero-order chi connectivity index (χ0) is 12.8. The summed E-state index contributed by atoms with van der Waals surface area (Å²) < 4.78 is 1.20. The molecule has 0 saturated carbocycles. The lowest BCUT2D eigenvalue weighted by Gasteiger charge is -2.09. The summed E-state index contributed by atoms with van der Waals surface area (Å²) >= 11 is 0. The SMILES string of the molecule is C=CC(=O)NCC(O)Cn1ccnc1[N+](=O)[O-]. The van der Waals surface area contributed by atoms with Crippen LogP contribution in [-0.4, -0.2) is 38.1 Å². The average molecular weight is 240 g/mol. The molecule has 0 bridgehead atoms. The maximum atomic E-state index is 10.8. The van der Waals surface area contributed by atoms with Gasteiger partial charge >= 0.3 is 5.95 Å². The van der Waals surface area contributed by atoms with E-state index < -0.39 is 16.9 Å². The van der Waals surface area contributed by atoms with Crippen molar-refractivity contribution >= 4 is 11.9 Å². The van der Waals surface area contributed by atoms with Crippen LogP contribution < -0.4 is 5.32 Å². The zero-order valence-corrected chi connectivity index (χ0v) is 8.94. The molecule has 0 aliphatic carbocycles. The van der Waals surface area contributed by atoms with E-state index in [2.05, 4.69) is 16.9 Å². The molecule has 8 nitrogen and oxygen atoms in total. The number of aromatic nitrogens is 2. The van der Waals surface area contributed by atoms with Gasteiger partial charge in [0.2, 0.25) is 5.91 Å². The summed E-state index contributed by atoms with van der Waals surface area (Å²) in [6.45, 7) is 3.22. The predicted molar refractivity (Wildman–Crippen MR) is 58.1 cm³/mol. The van der Waals surface area contributed by atoms with Crippen LogP contribution >= 0.6 is 0 Å². The molecule has 1 atom stereocenters. The average Bonchev–Trinajstić information content (AvgIpc) is 2.74. The first-order valence-electron chi connectivity index (χ1n) is 4.78. The van der Waals surface area contributed by atoms with E-state index in [0.717, 1.165) is 6.08 Å². The van der Waals surface area contributed by atoms with E-state index >= 15 is 0 Å². The molecule has 1 amide bonds. The Morgan fingerprint density at radius 3 is 3.12 bits per heavy atom. The third kappa shape index (κ3) is 3.68. The summed E-state index contributed by atoms with van der Waals surface area (Å²) in [5, 5.41) is 22.5. The summed E-state index contributed by atoms with van der Waals surface area (Å²) in [4.78, 5) is 24.2. The number of aliphatic hydroxyl groups excluding tert-OH is 1. The van der Waals surface area contributed by atoms with E-state index in [1.807, 2.05) is 0 Å². The molecule has 1 aromatic rings. The number of nitrogens with zero attached hydrogens (tertiary/aromatic N) is 3. The van der Waals surface area contributed by atoms with Crippen LogP contribution in [0.2, 0.25) is 0 Å². The Labute approximate surface area is 96.7 Å². The minimum Gasteiger partial charge on any atom is -0.390 e. The molecular weight excluding hydrogens is 228 g/mol. The monoisotopic (exact) mass is 240 g/mol. The highest BCUT2D eigenvalue weighted by atomic mass is 16.6. The fraction of sp³-hybridized carbons (Fsp3) is 0.333. The highest BCUT2D eigenvalue weighted by Gasteiger charge is 2.17. The fourth-order valence-electron chi connectivity index (χ4n) is 1.20. The highest BCUT2D eigenvalue weighted by molar-refractivity contribution is 5.86. The van der Waals surface area contributed by atoms with E-state index in [1.165, 1.54) is 17.0 Å². The van der Waals surface area contributed by atoms with Crippen molar-refractivity contribution < 1.29 is 14.8 Å². The summed E-state index contributed by atoms with van der Waals surface area (Å²) in [6.07, 6.45) is 2.79. The Hall–Kier alpha value is -2.22. The van der Waals surface area contributed by atoms with Crippen LogP contribution in [0.5, 0.6) is 0 Å². The number of hydrogen-bond donors (Lipinski definition) is 2. The normalized spacial score (nSPS) is 11.8. The van der Waals surface area contributed by atoms with Crippen molar-refractivity contribution in [2.45, 2.75) is 12.6 Å². The lowest BCUT2D eigenvalue weighted by Crippen LogP contribution is -2.33. The number of nitrogens with one attached hydrogen (secondary N) is 1. The van der Waals surface area contributed by atoms with Gasteiger partial charge < -0.3 is 20.5 Å². The van der Waals surface area contributed by atoms with Gasteiger partial charge in [0.25, 0.3) is 0 Å². The van der Waals surface area contributed by atoms with Crippen LogP contribution in [0, 0.1) is 10.1 Å². The van der Waals surface area contributed by atoms with Crippen LogP contribution in [0.25, 0.3) is 0 Å². The van der Waals surface area contributed by atoms with Gasteiger partial charge in [0, 0.05) is 6.54 Å². The van der Waals surface area contributed by atoms with Crippen LogP contribution in [0.3, 0.4) is 0 Å². The molecule has 92 valence electrons. The molecule has 0 fully saturated rings. The molecule has 8 heteroatoms. The first kappa shape index (κ1) is 12.8. The van der Waals surface area contributed by atoms with Gasteiger partial charge in [-0.05, 0) is 11.0 Å². The van der Waals surface area contributed by atoms with E-state index in [1.54, 1.807) is 0 Å². The topological polar surface area (TPSA) is 110 Å². The van der Waals surface area contributed by atoms with Crippen LogP contribution in [0.15, 0.2) is 25.0 Å². The van der Waals surface area contributed by atoms with Crippen molar-refractivity contribution in [3.05, 3.63) is 35.2 Å². The van der Waals surface area contributed by atoms with E-state index in [4.69, 9.17) is 0 Å². The molecule has 0 aliphatic heterocycles. The Morgan fingerprint density at radius 2 is 2.53 bits per heavy atom. The standard InChI is InChI=1S/C9H12N4O4/c1-2-8(15)11-5-7(14)6-12-4-3-10-9(12)13(16)17/h2-4,7,14H,1,5-6H2,(H,11,15). The summed E-state index contributed by atoms with van der Waals surface area (Å²) in [7, 11) is 0. The number of aliphatic hydroxyl groups is 1.